The molecule has 0 aromatic heterocycles. The highest BCUT2D eigenvalue weighted by molar-refractivity contribution is 5.60. The number of hydrogen-bond acceptors (Lipinski definition) is 2. The second kappa shape index (κ2) is 8.57. The van der Waals surface area contributed by atoms with Gasteiger partial charge < -0.3 is 4.90 Å². The summed E-state index contributed by atoms with van der Waals surface area (Å²) >= 11 is 0. The van der Waals surface area contributed by atoms with Gasteiger partial charge in [-0.3, -0.25) is 4.90 Å². The summed E-state index contributed by atoms with van der Waals surface area (Å²) in [5.41, 5.74) is 5.70. The third kappa shape index (κ3) is 4.74. The van der Waals surface area contributed by atoms with E-state index in [2.05, 4.69) is 49.6 Å². The van der Waals surface area contributed by atoms with Crippen molar-refractivity contribution in [3.63, 3.8) is 0 Å². The summed E-state index contributed by atoms with van der Waals surface area (Å²) < 4.78 is 0. The van der Waals surface area contributed by atoms with Crippen molar-refractivity contribution >= 4 is 5.69 Å². The number of aryl methyl sites for hydroxylation is 3. The fourth-order valence-corrected chi connectivity index (χ4v) is 3.80. The first kappa shape index (κ1) is 17.3. The minimum absolute atomic E-state index is 1.11. The van der Waals surface area contributed by atoms with Crippen molar-refractivity contribution in [2.45, 2.75) is 66.2 Å². The molecule has 0 aliphatic carbocycles. The van der Waals surface area contributed by atoms with Crippen LogP contribution in [0.25, 0.3) is 0 Å². The van der Waals surface area contributed by atoms with Crippen LogP contribution in [0.15, 0.2) is 12.1 Å². The molecular formula is C20H34N2. The molecule has 0 spiro atoms. The Balaban J connectivity index is 1.78. The van der Waals surface area contributed by atoms with Gasteiger partial charge in [-0.15, -0.1) is 0 Å². The molecule has 22 heavy (non-hydrogen) atoms. The fraction of sp³-hybridized carbons (Fsp3) is 0.700. The van der Waals surface area contributed by atoms with Gasteiger partial charge in [0.1, 0.15) is 0 Å². The Morgan fingerprint density at radius 2 is 1.50 bits per heavy atom. The highest BCUT2D eigenvalue weighted by Gasteiger charge is 2.22. The molecule has 1 fully saturated rings. The molecule has 1 aliphatic rings. The normalized spacial score (nSPS) is 15.7. The lowest BCUT2D eigenvalue weighted by Crippen LogP contribution is -2.27. The Hall–Kier alpha value is -1.02. The van der Waals surface area contributed by atoms with Gasteiger partial charge in [-0.05, 0) is 44.9 Å². The van der Waals surface area contributed by atoms with Gasteiger partial charge in [-0.2, -0.15) is 0 Å². The topological polar surface area (TPSA) is 6.48 Å². The van der Waals surface area contributed by atoms with Gasteiger partial charge in [0, 0.05) is 18.8 Å². The summed E-state index contributed by atoms with van der Waals surface area (Å²) in [4.78, 5) is 5.19. The molecule has 1 aromatic rings. The van der Waals surface area contributed by atoms with Gasteiger partial charge in [0.2, 0.25) is 0 Å². The molecule has 1 aliphatic heterocycles. The molecule has 0 atom stereocenters. The highest BCUT2D eigenvalue weighted by atomic mass is 15.4. The van der Waals surface area contributed by atoms with Crippen molar-refractivity contribution in [2.24, 2.45) is 0 Å². The monoisotopic (exact) mass is 302 g/mol. The van der Waals surface area contributed by atoms with Crippen molar-refractivity contribution in [3.05, 3.63) is 28.8 Å². The summed E-state index contributed by atoms with van der Waals surface area (Å²) in [6, 6.07) is 4.64. The van der Waals surface area contributed by atoms with Gasteiger partial charge >= 0.3 is 0 Å². The van der Waals surface area contributed by atoms with Crippen LogP contribution in [-0.2, 0) is 0 Å². The van der Waals surface area contributed by atoms with E-state index in [0.29, 0.717) is 0 Å². The maximum atomic E-state index is 2.62. The molecule has 124 valence electrons. The van der Waals surface area contributed by atoms with E-state index < -0.39 is 0 Å². The minimum Gasteiger partial charge on any atom is -0.357 e. The van der Waals surface area contributed by atoms with Crippen LogP contribution in [0.2, 0.25) is 0 Å². The van der Waals surface area contributed by atoms with Crippen LogP contribution in [-0.4, -0.2) is 31.2 Å². The average Bonchev–Trinajstić information content (AvgIpc) is 2.90. The maximum Gasteiger partial charge on any atom is 0.0708 e. The third-order valence-corrected chi connectivity index (χ3v) is 4.84. The molecule has 2 rings (SSSR count). The standard InChI is InChI=1S/C20H34N2/c1-5-6-7-8-9-10-11-21-12-13-22(16-21)20-18(3)14-17(2)15-19(20)4/h14-15H,5-13,16H2,1-4H3. The zero-order valence-corrected chi connectivity index (χ0v) is 15.1. The summed E-state index contributed by atoms with van der Waals surface area (Å²) in [6.45, 7) is 13.8. The first-order valence-corrected chi connectivity index (χ1v) is 9.17. The second-order valence-corrected chi connectivity index (χ2v) is 7.04. The summed E-state index contributed by atoms with van der Waals surface area (Å²) in [5.74, 6) is 0. The Morgan fingerprint density at radius 1 is 0.864 bits per heavy atom. The van der Waals surface area contributed by atoms with E-state index in [0.717, 1.165) is 6.67 Å². The number of anilines is 1. The van der Waals surface area contributed by atoms with Crippen LogP contribution in [0.5, 0.6) is 0 Å². The average molecular weight is 303 g/mol. The molecular weight excluding hydrogens is 268 g/mol. The van der Waals surface area contributed by atoms with Crippen molar-refractivity contribution in [1.29, 1.82) is 0 Å². The minimum atomic E-state index is 1.11. The molecule has 0 amide bonds. The number of rotatable bonds is 8. The van der Waals surface area contributed by atoms with E-state index in [4.69, 9.17) is 0 Å². The number of nitrogens with zero attached hydrogens (tertiary/aromatic N) is 2. The fourth-order valence-electron chi connectivity index (χ4n) is 3.80. The first-order valence-electron chi connectivity index (χ1n) is 9.17. The van der Waals surface area contributed by atoms with Gasteiger partial charge in [-0.1, -0.05) is 56.7 Å². The Morgan fingerprint density at radius 3 is 2.18 bits per heavy atom. The van der Waals surface area contributed by atoms with Gasteiger partial charge in [0.15, 0.2) is 0 Å². The van der Waals surface area contributed by atoms with E-state index in [1.165, 1.54) is 80.5 Å². The molecule has 2 nitrogen and oxygen atoms in total. The van der Waals surface area contributed by atoms with Gasteiger partial charge in [-0.25, -0.2) is 0 Å². The quantitative estimate of drug-likeness (QED) is 0.620. The smallest absolute Gasteiger partial charge is 0.0708 e. The van der Waals surface area contributed by atoms with E-state index in [9.17, 15) is 0 Å². The lowest BCUT2D eigenvalue weighted by atomic mass is 10.0. The van der Waals surface area contributed by atoms with Crippen molar-refractivity contribution in [3.8, 4) is 0 Å². The Labute approximate surface area is 137 Å². The van der Waals surface area contributed by atoms with Crippen LogP contribution in [0.3, 0.4) is 0 Å². The molecule has 0 radical (unpaired) electrons. The van der Waals surface area contributed by atoms with E-state index in [1.54, 1.807) is 0 Å². The van der Waals surface area contributed by atoms with Crippen molar-refractivity contribution in [1.82, 2.24) is 4.90 Å². The van der Waals surface area contributed by atoms with Crippen molar-refractivity contribution < 1.29 is 0 Å². The van der Waals surface area contributed by atoms with Crippen LogP contribution >= 0.6 is 0 Å². The Bertz CT molecular complexity index is 444. The SMILES string of the molecule is CCCCCCCCN1CCN(c2c(C)cc(C)cc2C)C1. The van der Waals surface area contributed by atoms with Crippen LogP contribution < -0.4 is 4.90 Å². The summed E-state index contributed by atoms with van der Waals surface area (Å²) in [5, 5.41) is 0. The maximum absolute atomic E-state index is 2.62. The molecule has 1 saturated heterocycles. The lowest BCUT2D eigenvalue weighted by Gasteiger charge is -2.24. The van der Waals surface area contributed by atoms with Gasteiger partial charge in [0.05, 0.1) is 6.67 Å². The van der Waals surface area contributed by atoms with Crippen LogP contribution in [0.1, 0.15) is 62.1 Å². The molecule has 2 heteroatoms. The molecule has 0 unspecified atom stereocenters. The predicted octanol–water partition coefficient (Wildman–Crippen LogP) is 5.05. The lowest BCUT2D eigenvalue weighted by molar-refractivity contribution is 0.330. The highest BCUT2D eigenvalue weighted by Crippen LogP contribution is 2.28. The molecule has 0 N–H and O–H groups in total. The largest absolute Gasteiger partial charge is 0.357 e. The Kier molecular flexibility index (Phi) is 6.75. The first-order chi connectivity index (χ1) is 10.6. The molecule has 1 aromatic carbocycles. The number of hydrogen-bond donors (Lipinski definition) is 0. The molecule has 0 bridgehead atoms. The zero-order chi connectivity index (χ0) is 15.9. The van der Waals surface area contributed by atoms with Gasteiger partial charge in [0.25, 0.3) is 0 Å². The second-order valence-electron chi connectivity index (χ2n) is 7.04. The third-order valence-electron chi connectivity index (χ3n) is 4.84. The van der Waals surface area contributed by atoms with E-state index in [1.807, 2.05) is 0 Å². The predicted molar refractivity (Wildman–Crippen MR) is 97.8 cm³/mol. The summed E-state index contributed by atoms with van der Waals surface area (Å²) in [7, 11) is 0. The number of benzene rings is 1. The van der Waals surface area contributed by atoms with E-state index >= 15 is 0 Å². The zero-order valence-electron chi connectivity index (χ0n) is 15.1. The van der Waals surface area contributed by atoms with Crippen molar-refractivity contribution in [2.75, 3.05) is 31.2 Å². The molecule has 1 heterocycles. The summed E-state index contributed by atoms with van der Waals surface area (Å²) in [6.07, 6.45) is 8.36. The number of unbranched alkanes of at least 4 members (excludes halogenated alkanes) is 5. The molecule has 0 saturated carbocycles. The van der Waals surface area contributed by atoms with E-state index in [-0.39, 0.29) is 0 Å². The van der Waals surface area contributed by atoms with Crippen LogP contribution in [0, 0.1) is 20.8 Å². The van der Waals surface area contributed by atoms with Crippen LogP contribution in [0.4, 0.5) is 5.69 Å².